The summed E-state index contributed by atoms with van der Waals surface area (Å²) >= 11 is 0. The molecular formula is C17H19N3O2. The lowest BCUT2D eigenvalue weighted by Gasteiger charge is -2.11. The number of anilines is 2. The minimum atomic E-state index is -0.185. The maximum absolute atomic E-state index is 12.2. The van der Waals surface area contributed by atoms with Crippen molar-refractivity contribution in [3.05, 3.63) is 60.8 Å². The molecule has 1 amide bonds. The van der Waals surface area contributed by atoms with E-state index in [1.807, 2.05) is 31.1 Å². The molecule has 5 heteroatoms. The summed E-state index contributed by atoms with van der Waals surface area (Å²) in [6.07, 6.45) is 3.31. The van der Waals surface area contributed by atoms with Gasteiger partial charge in [-0.3, -0.25) is 4.79 Å². The number of ether oxygens (including phenoxy) is 1. The Labute approximate surface area is 130 Å². The van der Waals surface area contributed by atoms with E-state index in [2.05, 4.69) is 16.9 Å². The standard InChI is InChI=1S/C17H19N3O2/c1-4-11-22-15-8-5-13(6-9-15)17(21)19-14-7-10-16(18-12-14)20(2)3/h4-10,12H,1,11H2,2-3H3,(H,19,21). The van der Waals surface area contributed by atoms with Crippen LogP contribution >= 0.6 is 0 Å². The molecule has 1 N–H and O–H groups in total. The highest BCUT2D eigenvalue weighted by Gasteiger charge is 2.07. The highest BCUT2D eigenvalue weighted by atomic mass is 16.5. The summed E-state index contributed by atoms with van der Waals surface area (Å²) in [6, 6.07) is 10.6. The molecule has 22 heavy (non-hydrogen) atoms. The van der Waals surface area contributed by atoms with Gasteiger partial charge >= 0.3 is 0 Å². The molecule has 0 spiro atoms. The van der Waals surface area contributed by atoms with Crippen molar-refractivity contribution in [1.82, 2.24) is 4.98 Å². The van der Waals surface area contributed by atoms with Crippen LogP contribution in [-0.4, -0.2) is 31.6 Å². The van der Waals surface area contributed by atoms with Gasteiger partial charge in [0.2, 0.25) is 0 Å². The van der Waals surface area contributed by atoms with Crippen molar-refractivity contribution in [3.63, 3.8) is 0 Å². The number of aromatic nitrogens is 1. The first-order valence-corrected chi connectivity index (χ1v) is 6.88. The first-order chi connectivity index (χ1) is 10.6. The lowest BCUT2D eigenvalue weighted by Crippen LogP contribution is -2.13. The smallest absolute Gasteiger partial charge is 0.255 e. The monoisotopic (exact) mass is 297 g/mol. The normalized spacial score (nSPS) is 9.91. The van der Waals surface area contributed by atoms with E-state index in [4.69, 9.17) is 4.74 Å². The van der Waals surface area contributed by atoms with Gasteiger partial charge in [0.1, 0.15) is 18.2 Å². The molecule has 0 bridgehead atoms. The maximum Gasteiger partial charge on any atom is 0.255 e. The van der Waals surface area contributed by atoms with Crippen molar-refractivity contribution in [2.75, 3.05) is 30.9 Å². The van der Waals surface area contributed by atoms with Gasteiger partial charge in [0, 0.05) is 19.7 Å². The highest BCUT2D eigenvalue weighted by molar-refractivity contribution is 6.04. The minimum absolute atomic E-state index is 0.185. The zero-order valence-electron chi connectivity index (χ0n) is 12.7. The Kier molecular flexibility index (Phi) is 5.14. The van der Waals surface area contributed by atoms with Crippen LogP contribution < -0.4 is 15.0 Å². The Balaban J connectivity index is 2.00. The predicted octanol–water partition coefficient (Wildman–Crippen LogP) is 2.96. The summed E-state index contributed by atoms with van der Waals surface area (Å²) in [5.74, 6) is 1.35. The summed E-state index contributed by atoms with van der Waals surface area (Å²) in [5, 5.41) is 2.81. The second-order valence-electron chi connectivity index (χ2n) is 4.88. The second kappa shape index (κ2) is 7.26. The molecule has 0 aliphatic heterocycles. The van der Waals surface area contributed by atoms with E-state index in [0.717, 1.165) is 5.82 Å². The van der Waals surface area contributed by atoms with Crippen LogP contribution in [0.1, 0.15) is 10.4 Å². The van der Waals surface area contributed by atoms with Gasteiger partial charge in [-0.1, -0.05) is 12.7 Å². The van der Waals surface area contributed by atoms with Crippen LogP contribution in [-0.2, 0) is 0 Å². The zero-order chi connectivity index (χ0) is 15.9. The quantitative estimate of drug-likeness (QED) is 0.833. The van der Waals surface area contributed by atoms with Gasteiger partial charge in [-0.25, -0.2) is 4.98 Å². The zero-order valence-corrected chi connectivity index (χ0v) is 12.7. The van der Waals surface area contributed by atoms with E-state index < -0.39 is 0 Å². The lowest BCUT2D eigenvalue weighted by molar-refractivity contribution is 0.102. The average Bonchev–Trinajstić information content (AvgIpc) is 2.54. The molecule has 0 aliphatic rings. The predicted molar refractivity (Wildman–Crippen MR) is 88.7 cm³/mol. The van der Waals surface area contributed by atoms with Gasteiger partial charge in [-0.15, -0.1) is 0 Å². The van der Waals surface area contributed by atoms with Gasteiger partial charge in [-0.05, 0) is 36.4 Å². The lowest BCUT2D eigenvalue weighted by atomic mass is 10.2. The Hall–Kier alpha value is -2.82. The van der Waals surface area contributed by atoms with Gasteiger partial charge in [0.05, 0.1) is 11.9 Å². The van der Waals surface area contributed by atoms with Crippen molar-refractivity contribution in [3.8, 4) is 5.75 Å². The largest absolute Gasteiger partial charge is 0.490 e. The summed E-state index contributed by atoms with van der Waals surface area (Å²) in [7, 11) is 3.83. The summed E-state index contributed by atoms with van der Waals surface area (Å²) in [6.45, 7) is 4.03. The highest BCUT2D eigenvalue weighted by Crippen LogP contribution is 2.15. The summed E-state index contributed by atoms with van der Waals surface area (Å²) in [4.78, 5) is 18.3. The third-order valence-corrected chi connectivity index (χ3v) is 2.95. The molecule has 0 aliphatic carbocycles. The molecule has 114 valence electrons. The summed E-state index contributed by atoms with van der Waals surface area (Å²) in [5.41, 5.74) is 1.21. The molecule has 0 saturated heterocycles. The van der Waals surface area contributed by atoms with Crippen molar-refractivity contribution in [1.29, 1.82) is 0 Å². The SMILES string of the molecule is C=CCOc1ccc(C(=O)Nc2ccc(N(C)C)nc2)cc1. The van der Waals surface area contributed by atoms with E-state index in [1.165, 1.54) is 0 Å². The molecular weight excluding hydrogens is 278 g/mol. The number of hydrogen-bond acceptors (Lipinski definition) is 4. The molecule has 0 fully saturated rings. The Morgan fingerprint density at radius 1 is 1.27 bits per heavy atom. The third kappa shape index (κ3) is 4.09. The van der Waals surface area contributed by atoms with Gasteiger partial charge < -0.3 is 15.0 Å². The fraction of sp³-hybridized carbons (Fsp3) is 0.176. The second-order valence-corrected chi connectivity index (χ2v) is 4.88. The van der Waals surface area contributed by atoms with E-state index in [-0.39, 0.29) is 5.91 Å². The minimum Gasteiger partial charge on any atom is -0.490 e. The number of carbonyl (C=O) groups excluding carboxylic acids is 1. The van der Waals surface area contributed by atoms with Crippen LogP contribution in [0.3, 0.4) is 0 Å². The molecule has 5 nitrogen and oxygen atoms in total. The number of nitrogens with zero attached hydrogens (tertiary/aromatic N) is 2. The number of pyridine rings is 1. The summed E-state index contributed by atoms with van der Waals surface area (Å²) < 4.78 is 5.38. The van der Waals surface area contributed by atoms with E-state index in [0.29, 0.717) is 23.6 Å². The fourth-order valence-electron chi connectivity index (χ4n) is 1.79. The van der Waals surface area contributed by atoms with Crippen LogP contribution in [0, 0.1) is 0 Å². The molecule has 0 atom stereocenters. The molecule has 0 saturated carbocycles. The molecule has 0 unspecified atom stereocenters. The van der Waals surface area contributed by atoms with Gasteiger partial charge in [0.15, 0.2) is 0 Å². The van der Waals surface area contributed by atoms with E-state index >= 15 is 0 Å². The molecule has 2 rings (SSSR count). The number of rotatable bonds is 6. The van der Waals surface area contributed by atoms with Crippen LogP contribution in [0.5, 0.6) is 5.75 Å². The van der Waals surface area contributed by atoms with Crippen LogP contribution in [0.15, 0.2) is 55.3 Å². The van der Waals surface area contributed by atoms with Crippen LogP contribution in [0.2, 0.25) is 0 Å². The Bertz CT molecular complexity index is 634. The third-order valence-electron chi connectivity index (χ3n) is 2.95. The number of carbonyl (C=O) groups is 1. The molecule has 0 radical (unpaired) electrons. The van der Waals surface area contributed by atoms with E-state index in [9.17, 15) is 4.79 Å². The van der Waals surface area contributed by atoms with Crippen LogP contribution in [0.25, 0.3) is 0 Å². The molecule has 1 heterocycles. The topological polar surface area (TPSA) is 54.5 Å². The first-order valence-electron chi connectivity index (χ1n) is 6.88. The van der Waals surface area contributed by atoms with Crippen molar-refractivity contribution in [2.45, 2.75) is 0 Å². The van der Waals surface area contributed by atoms with Crippen molar-refractivity contribution >= 4 is 17.4 Å². The number of hydrogen-bond donors (Lipinski definition) is 1. The molecule has 2 aromatic rings. The molecule has 1 aromatic carbocycles. The van der Waals surface area contributed by atoms with Crippen molar-refractivity contribution < 1.29 is 9.53 Å². The van der Waals surface area contributed by atoms with Gasteiger partial charge in [-0.2, -0.15) is 0 Å². The maximum atomic E-state index is 12.2. The Morgan fingerprint density at radius 3 is 2.55 bits per heavy atom. The fourth-order valence-corrected chi connectivity index (χ4v) is 1.79. The Morgan fingerprint density at radius 2 is 2.00 bits per heavy atom. The first kappa shape index (κ1) is 15.6. The number of benzene rings is 1. The number of nitrogens with one attached hydrogen (secondary N) is 1. The number of amides is 1. The van der Waals surface area contributed by atoms with Crippen molar-refractivity contribution in [2.24, 2.45) is 0 Å². The van der Waals surface area contributed by atoms with Gasteiger partial charge in [0.25, 0.3) is 5.91 Å². The van der Waals surface area contributed by atoms with E-state index in [1.54, 1.807) is 36.5 Å². The molecule has 1 aromatic heterocycles. The van der Waals surface area contributed by atoms with Crippen LogP contribution in [0.4, 0.5) is 11.5 Å². The average molecular weight is 297 g/mol.